The van der Waals surface area contributed by atoms with E-state index >= 15 is 0 Å². The molecule has 120 valence electrons. The number of hydrogen-bond acceptors (Lipinski definition) is 2. The summed E-state index contributed by atoms with van der Waals surface area (Å²) in [5, 5.41) is 8.68. The van der Waals surface area contributed by atoms with E-state index in [9.17, 15) is 18.0 Å². The van der Waals surface area contributed by atoms with Crippen LogP contribution in [-0.2, 0) is 4.79 Å². The lowest BCUT2D eigenvalue weighted by Gasteiger charge is -2.10. The van der Waals surface area contributed by atoms with E-state index in [0.717, 1.165) is 22.8 Å². The van der Waals surface area contributed by atoms with E-state index < -0.39 is 12.3 Å². The van der Waals surface area contributed by atoms with Crippen molar-refractivity contribution in [3.63, 3.8) is 0 Å². The molecule has 2 aromatic carbocycles. The average molecular weight is 322 g/mol. The fourth-order valence-corrected chi connectivity index (χ4v) is 2.01. The monoisotopic (exact) mass is 322 g/mol. The van der Waals surface area contributed by atoms with E-state index in [2.05, 4.69) is 4.74 Å². The second-order valence-electron chi connectivity index (χ2n) is 4.82. The summed E-state index contributed by atoms with van der Waals surface area (Å²) >= 11 is 0. The van der Waals surface area contributed by atoms with Gasteiger partial charge in [-0.1, -0.05) is 24.3 Å². The maximum atomic E-state index is 12.1. The Kier molecular flexibility index (Phi) is 4.74. The Labute approximate surface area is 130 Å². The van der Waals surface area contributed by atoms with E-state index in [-0.39, 0.29) is 5.75 Å². The molecule has 0 spiro atoms. The minimum absolute atomic E-state index is 0.292. The summed E-state index contributed by atoms with van der Waals surface area (Å²) in [7, 11) is 0. The van der Waals surface area contributed by atoms with Gasteiger partial charge in [-0.05, 0) is 53.5 Å². The fraction of sp³-hybridized carbons (Fsp3) is 0.118. The number of carbonyl (C=O) groups is 1. The van der Waals surface area contributed by atoms with Crippen molar-refractivity contribution in [3.05, 3.63) is 59.7 Å². The molecule has 0 bridgehead atoms. The highest BCUT2D eigenvalue weighted by Crippen LogP contribution is 2.28. The molecule has 0 aromatic heterocycles. The molecule has 23 heavy (non-hydrogen) atoms. The van der Waals surface area contributed by atoms with Crippen LogP contribution in [0.1, 0.15) is 11.1 Å². The van der Waals surface area contributed by atoms with Crippen molar-refractivity contribution >= 4 is 12.0 Å². The molecule has 0 amide bonds. The van der Waals surface area contributed by atoms with Crippen molar-refractivity contribution in [3.8, 4) is 16.9 Å². The van der Waals surface area contributed by atoms with E-state index in [1.54, 1.807) is 6.07 Å². The molecule has 1 N–H and O–H groups in total. The molecule has 2 rings (SSSR count). The number of aliphatic carboxylic acids is 1. The van der Waals surface area contributed by atoms with Gasteiger partial charge in [0.25, 0.3) is 0 Å². The van der Waals surface area contributed by atoms with Crippen LogP contribution in [0.2, 0.25) is 0 Å². The molecule has 0 aliphatic heterocycles. The third-order valence-corrected chi connectivity index (χ3v) is 3.11. The van der Waals surface area contributed by atoms with Crippen LogP contribution in [0.3, 0.4) is 0 Å². The van der Waals surface area contributed by atoms with Crippen LogP contribution < -0.4 is 4.74 Å². The Morgan fingerprint density at radius 2 is 1.70 bits per heavy atom. The summed E-state index contributed by atoms with van der Waals surface area (Å²) in [6.07, 6.45) is -2.21. The van der Waals surface area contributed by atoms with Crippen LogP contribution in [-0.4, -0.2) is 17.4 Å². The fourth-order valence-electron chi connectivity index (χ4n) is 2.01. The van der Waals surface area contributed by atoms with Gasteiger partial charge in [-0.3, -0.25) is 0 Å². The number of alkyl halides is 3. The number of hydrogen-bond donors (Lipinski definition) is 1. The molecular weight excluding hydrogens is 309 g/mol. The largest absolute Gasteiger partial charge is 0.573 e. The molecule has 0 saturated heterocycles. The summed E-state index contributed by atoms with van der Waals surface area (Å²) in [4.78, 5) is 10.6. The van der Waals surface area contributed by atoms with E-state index in [4.69, 9.17) is 5.11 Å². The first-order valence-corrected chi connectivity index (χ1v) is 6.62. The number of carboxylic acid groups (broad SMARTS) is 1. The zero-order valence-electron chi connectivity index (χ0n) is 12.1. The molecule has 2 aromatic rings. The second kappa shape index (κ2) is 6.56. The second-order valence-corrected chi connectivity index (χ2v) is 4.82. The van der Waals surface area contributed by atoms with Crippen molar-refractivity contribution in [2.24, 2.45) is 0 Å². The Morgan fingerprint density at radius 3 is 2.26 bits per heavy atom. The molecule has 0 saturated carbocycles. The van der Waals surface area contributed by atoms with Crippen LogP contribution >= 0.6 is 0 Å². The van der Waals surface area contributed by atoms with Crippen molar-refractivity contribution in [1.29, 1.82) is 0 Å². The molecule has 0 unspecified atom stereocenters. The van der Waals surface area contributed by atoms with Gasteiger partial charge in [0, 0.05) is 6.08 Å². The Morgan fingerprint density at radius 1 is 1.09 bits per heavy atom. The van der Waals surface area contributed by atoms with Crippen molar-refractivity contribution in [1.82, 2.24) is 0 Å². The van der Waals surface area contributed by atoms with Gasteiger partial charge in [0.05, 0.1) is 0 Å². The zero-order valence-corrected chi connectivity index (χ0v) is 12.1. The maximum Gasteiger partial charge on any atom is 0.573 e. The first kappa shape index (κ1) is 16.6. The van der Waals surface area contributed by atoms with Crippen LogP contribution in [0.25, 0.3) is 17.2 Å². The van der Waals surface area contributed by atoms with Crippen molar-refractivity contribution in [2.45, 2.75) is 13.3 Å². The highest BCUT2D eigenvalue weighted by molar-refractivity contribution is 5.86. The molecule has 0 aliphatic carbocycles. The molecule has 0 atom stereocenters. The smallest absolute Gasteiger partial charge is 0.478 e. The van der Waals surface area contributed by atoms with Gasteiger partial charge in [0.2, 0.25) is 0 Å². The maximum absolute atomic E-state index is 12.1. The lowest BCUT2D eigenvalue weighted by Crippen LogP contribution is -2.16. The summed E-state index contributed by atoms with van der Waals surface area (Å²) in [6.45, 7) is 1.84. The zero-order chi connectivity index (χ0) is 17.0. The van der Waals surface area contributed by atoms with Crippen molar-refractivity contribution < 1.29 is 27.8 Å². The topological polar surface area (TPSA) is 46.5 Å². The first-order valence-electron chi connectivity index (χ1n) is 6.62. The summed E-state index contributed by atoms with van der Waals surface area (Å²) in [6, 6.07) is 10.9. The molecule has 0 radical (unpaired) electrons. The molecule has 0 aliphatic rings. The lowest BCUT2D eigenvalue weighted by molar-refractivity contribution is -0.274. The quantitative estimate of drug-likeness (QED) is 0.833. The molecule has 6 heteroatoms. The third kappa shape index (κ3) is 4.88. The Bertz CT molecular complexity index is 732. The van der Waals surface area contributed by atoms with Crippen LogP contribution in [0.4, 0.5) is 13.2 Å². The predicted octanol–water partition coefficient (Wildman–Crippen LogP) is 4.66. The van der Waals surface area contributed by atoms with Gasteiger partial charge >= 0.3 is 12.3 Å². The van der Waals surface area contributed by atoms with Gasteiger partial charge in [-0.15, -0.1) is 13.2 Å². The van der Waals surface area contributed by atoms with Crippen LogP contribution in [0, 0.1) is 6.92 Å². The summed E-state index contributed by atoms with van der Waals surface area (Å²) in [5.74, 6) is -1.34. The van der Waals surface area contributed by atoms with Crippen molar-refractivity contribution in [2.75, 3.05) is 0 Å². The Hall–Kier alpha value is -2.76. The number of carboxylic acids is 1. The first-order chi connectivity index (χ1) is 10.7. The van der Waals surface area contributed by atoms with E-state index in [0.29, 0.717) is 5.56 Å². The van der Waals surface area contributed by atoms with E-state index in [1.165, 1.54) is 30.3 Å². The van der Waals surface area contributed by atoms with Gasteiger partial charge in [-0.25, -0.2) is 4.79 Å². The number of aryl methyl sites for hydroxylation is 1. The van der Waals surface area contributed by atoms with Crippen LogP contribution in [0.5, 0.6) is 5.75 Å². The normalized spacial score (nSPS) is 11.7. The minimum atomic E-state index is -4.72. The SMILES string of the molecule is Cc1ccc(-c2ccc(OC(F)(F)F)cc2)cc1C=CC(=O)O. The summed E-state index contributed by atoms with van der Waals surface area (Å²) < 4.78 is 40.2. The summed E-state index contributed by atoms with van der Waals surface area (Å²) in [5.41, 5.74) is 3.08. The van der Waals surface area contributed by atoms with Gasteiger partial charge in [0.15, 0.2) is 0 Å². The molecular formula is C17H13F3O3. The highest BCUT2D eigenvalue weighted by Gasteiger charge is 2.30. The minimum Gasteiger partial charge on any atom is -0.478 e. The average Bonchev–Trinajstić information content (AvgIpc) is 2.45. The number of benzene rings is 2. The third-order valence-electron chi connectivity index (χ3n) is 3.11. The molecule has 0 heterocycles. The number of halogens is 3. The van der Waals surface area contributed by atoms with E-state index in [1.807, 2.05) is 19.1 Å². The standard InChI is InChI=1S/C17H13F3O3/c1-11-2-3-14(10-13(11)6-9-16(21)22)12-4-7-15(8-5-12)23-17(18,19)20/h2-10H,1H3,(H,21,22). The lowest BCUT2D eigenvalue weighted by atomic mass is 9.99. The number of ether oxygens (including phenoxy) is 1. The number of rotatable bonds is 4. The Balaban J connectivity index is 2.28. The molecule has 3 nitrogen and oxygen atoms in total. The van der Waals surface area contributed by atoms with Gasteiger partial charge in [0.1, 0.15) is 5.75 Å². The molecule has 0 fully saturated rings. The van der Waals surface area contributed by atoms with Gasteiger partial charge < -0.3 is 9.84 Å². The predicted molar refractivity (Wildman–Crippen MR) is 80.0 cm³/mol. The highest BCUT2D eigenvalue weighted by atomic mass is 19.4. The van der Waals surface area contributed by atoms with Gasteiger partial charge in [-0.2, -0.15) is 0 Å². The van der Waals surface area contributed by atoms with Crippen LogP contribution in [0.15, 0.2) is 48.5 Å².